The maximum atomic E-state index is 15.3. The van der Waals surface area contributed by atoms with Crippen molar-refractivity contribution in [2.24, 2.45) is 0 Å². The number of anilines is 2. The van der Waals surface area contributed by atoms with Gasteiger partial charge in [0, 0.05) is 38.4 Å². The van der Waals surface area contributed by atoms with Crippen molar-refractivity contribution in [1.82, 2.24) is 20.1 Å². The summed E-state index contributed by atoms with van der Waals surface area (Å²) in [4.78, 5) is 23.7. The molecule has 1 spiro atoms. The quantitative estimate of drug-likeness (QED) is 0.280. The Morgan fingerprint density at radius 3 is 2.52 bits per heavy atom. The summed E-state index contributed by atoms with van der Waals surface area (Å²) >= 11 is 5.62. The number of piperazine rings is 1. The molecule has 1 unspecified atom stereocenters. The van der Waals surface area contributed by atoms with Gasteiger partial charge in [0.15, 0.2) is 17.0 Å². The lowest BCUT2D eigenvalue weighted by molar-refractivity contribution is -0.138. The topological polar surface area (TPSA) is 99.0 Å². The van der Waals surface area contributed by atoms with Gasteiger partial charge in [0.2, 0.25) is 0 Å². The molecule has 1 atom stereocenters. The Bertz CT molecular complexity index is 1400. The number of amides is 1. The molecule has 2 N–H and O–H groups in total. The first-order valence-corrected chi connectivity index (χ1v) is 14.1. The molecule has 2 saturated heterocycles. The molecule has 1 amide bonds. The third-order valence-corrected chi connectivity index (χ3v) is 8.72. The van der Waals surface area contributed by atoms with Crippen molar-refractivity contribution >= 4 is 34.6 Å². The van der Waals surface area contributed by atoms with Crippen molar-refractivity contribution in [3.63, 3.8) is 0 Å². The number of hydrogen-bond acceptors (Lipinski definition) is 7. The Kier molecular flexibility index (Phi) is 8.39. The number of thiocarbonyl (C=S) groups is 1. The summed E-state index contributed by atoms with van der Waals surface area (Å²) in [6.45, 7) is 5.17. The Labute approximate surface area is 246 Å². The molecule has 0 radical (unpaired) electrons. The van der Waals surface area contributed by atoms with E-state index in [2.05, 4.69) is 27.1 Å². The van der Waals surface area contributed by atoms with Gasteiger partial charge in [-0.15, -0.1) is 0 Å². The number of halogens is 4. The van der Waals surface area contributed by atoms with Gasteiger partial charge in [-0.25, -0.2) is 9.37 Å². The van der Waals surface area contributed by atoms with Gasteiger partial charge in [0.05, 0.1) is 28.6 Å². The molecular formula is C28H31F4N7O2S. The number of nitrogens with zero attached hydrogens (tertiary/aromatic N) is 6. The molecule has 3 fully saturated rings. The SMILES string of the molecule is CN1CCN(CCCNC(=O)c2ccc(N3C(=S)N(c4cnc(C#N)c(C(F)(F)F)c4)C(O)C34CCC4)cc2F)CC1. The fourth-order valence-electron chi connectivity index (χ4n) is 5.79. The predicted molar refractivity (Wildman–Crippen MR) is 151 cm³/mol. The van der Waals surface area contributed by atoms with Crippen LogP contribution in [0.2, 0.25) is 0 Å². The van der Waals surface area contributed by atoms with Crippen molar-refractivity contribution < 1.29 is 27.5 Å². The summed E-state index contributed by atoms with van der Waals surface area (Å²) < 4.78 is 56.1. The van der Waals surface area contributed by atoms with Crippen LogP contribution in [0.4, 0.5) is 28.9 Å². The molecule has 42 heavy (non-hydrogen) atoms. The number of pyridine rings is 1. The number of alkyl halides is 3. The molecule has 3 aliphatic rings. The molecule has 1 aromatic carbocycles. The number of nitriles is 1. The van der Waals surface area contributed by atoms with Crippen LogP contribution in [0.5, 0.6) is 0 Å². The number of rotatable bonds is 7. The van der Waals surface area contributed by atoms with Gasteiger partial charge >= 0.3 is 6.18 Å². The van der Waals surface area contributed by atoms with E-state index in [0.717, 1.165) is 68.8 Å². The molecule has 0 bridgehead atoms. The van der Waals surface area contributed by atoms with E-state index >= 15 is 4.39 Å². The Morgan fingerprint density at radius 1 is 1.21 bits per heavy atom. The van der Waals surface area contributed by atoms with Crippen molar-refractivity contribution in [2.45, 2.75) is 43.6 Å². The first-order valence-electron chi connectivity index (χ1n) is 13.7. The van der Waals surface area contributed by atoms with Gasteiger partial charge in [-0.2, -0.15) is 18.4 Å². The highest BCUT2D eigenvalue weighted by atomic mass is 32.1. The maximum absolute atomic E-state index is 15.3. The summed E-state index contributed by atoms with van der Waals surface area (Å²) in [5, 5.41) is 23.2. The van der Waals surface area contributed by atoms with Crippen molar-refractivity contribution in [2.75, 3.05) is 56.1 Å². The lowest BCUT2D eigenvalue weighted by Crippen LogP contribution is -2.57. The van der Waals surface area contributed by atoms with E-state index in [-0.39, 0.29) is 22.1 Å². The van der Waals surface area contributed by atoms with Gasteiger partial charge in [-0.1, -0.05) is 0 Å². The number of carbonyl (C=O) groups is 1. The van der Waals surface area contributed by atoms with E-state index in [9.17, 15) is 23.1 Å². The molecular weight excluding hydrogens is 574 g/mol. The fraction of sp³-hybridized carbons (Fsp3) is 0.500. The van der Waals surface area contributed by atoms with Crippen LogP contribution in [0.25, 0.3) is 0 Å². The van der Waals surface area contributed by atoms with Crippen LogP contribution in [-0.4, -0.2) is 89.0 Å². The van der Waals surface area contributed by atoms with Gasteiger partial charge < -0.3 is 25.1 Å². The van der Waals surface area contributed by atoms with Crippen LogP contribution in [-0.2, 0) is 6.18 Å². The van der Waals surface area contributed by atoms with Crippen molar-refractivity contribution in [3.8, 4) is 6.07 Å². The molecule has 1 aromatic heterocycles. The molecule has 9 nitrogen and oxygen atoms in total. The van der Waals surface area contributed by atoms with Crippen molar-refractivity contribution in [3.05, 3.63) is 53.1 Å². The van der Waals surface area contributed by atoms with Crippen molar-refractivity contribution in [1.29, 1.82) is 5.26 Å². The number of hydrogen-bond donors (Lipinski definition) is 2. The monoisotopic (exact) mass is 605 g/mol. The Hall–Kier alpha value is -3.38. The first-order chi connectivity index (χ1) is 20.0. The average molecular weight is 606 g/mol. The second-order valence-corrected chi connectivity index (χ2v) is 11.3. The van der Waals surface area contributed by atoms with Crippen LogP contribution < -0.4 is 15.1 Å². The smallest absolute Gasteiger partial charge is 0.371 e. The third kappa shape index (κ3) is 5.54. The van der Waals surface area contributed by atoms with E-state index in [4.69, 9.17) is 17.5 Å². The minimum absolute atomic E-state index is 0.0395. The van der Waals surface area contributed by atoms with Gasteiger partial charge in [-0.3, -0.25) is 9.69 Å². The second-order valence-electron chi connectivity index (χ2n) is 10.9. The minimum Gasteiger partial charge on any atom is -0.371 e. The summed E-state index contributed by atoms with van der Waals surface area (Å²) in [5.41, 5.74) is -3.05. The Balaban J connectivity index is 1.32. The first kappa shape index (κ1) is 30.1. The molecule has 224 valence electrons. The van der Waals surface area contributed by atoms with Gasteiger partial charge in [0.1, 0.15) is 11.9 Å². The van der Waals surface area contributed by atoms with Gasteiger partial charge in [-0.05, 0) is 75.8 Å². The number of aliphatic hydroxyl groups is 1. The zero-order valence-corrected chi connectivity index (χ0v) is 23.8. The van der Waals surface area contributed by atoms with E-state index in [1.165, 1.54) is 18.2 Å². The van der Waals surface area contributed by atoms with E-state index in [1.807, 2.05) is 0 Å². The standard InChI is InChI=1S/C28H31F4N7O2S/c1-36-10-12-37(13-11-36)9-3-8-34-24(40)20-5-4-18(15-22(20)29)39-26(42)38(25(41)27(39)6-2-7-27)19-14-21(28(30,31)32)23(16-33)35-17-19/h4-5,14-15,17,25,41H,2-3,6-13H2,1H3,(H,34,40). The molecule has 1 aliphatic carbocycles. The number of nitrogens with one attached hydrogen (secondary N) is 1. The van der Waals surface area contributed by atoms with E-state index in [0.29, 0.717) is 19.4 Å². The zero-order valence-electron chi connectivity index (χ0n) is 23.0. The van der Waals surface area contributed by atoms with E-state index in [1.54, 1.807) is 4.90 Å². The lowest BCUT2D eigenvalue weighted by Gasteiger charge is -2.46. The fourth-order valence-corrected chi connectivity index (χ4v) is 6.28. The number of aromatic nitrogens is 1. The third-order valence-electron chi connectivity index (χ3n) is 8.34. The highest BCUT2D eigenvalue weighted by Crippen LogP contribution is 2.50. The molecule has 2 aromatic rings. The molecule has 14 heteroatoms. The summed E-state index contributed by atoms with van der Waals surface area (Å²) in [6, 6.07) is 6.18. The molecule has 5 rings (SSSR count). The summed E-state index contributed by atoms with van der Waals surface area (Å²) in [6.07, 6.45) is -2.78. The summed E-state index contributed by atoms with van der Waals surface area (Å²) in [5.74, 6) is -1.33. The zero-order chi connectivity index (χ0) is 30.2. The Morgan fingerprint density at radius 2 is 1.93 bits per heavy atom. The highest BCUT2D eigenvalue weighted by Gasteiger charge is 2.59. The number of aliphatic hydroxyl groups excluding tert-OH is 1. The highest BCUT2D eigenvalue weighted by molar-refractivity contribution is 7.80. The number of likely N-dealkylation sites (N-methyl/N-ethyl adjacent to an activating group) is 1. The van der Waals surface area contributed by atoms with Crippen LogP contribution in [0.15, 0.2) is 30.5 Å². The second kappa shape index (κ2) is 11.7. The van der Waals surface area contributed by atoms with Crippen LogP contribution in [0.1, 0.15) is 47.3 Å². The molecule has 2 aliphatic heterocycles. The summed E-state index contributed by atoms with van der Waals surface area (Å²) in [7, 11) is 2.08. The van der Waals surface area contributed by atoms with E-state index < -0.39 is 40.9 Å². The van der Waals surface area contributed by atoms with Gasteiger partial charge in [0.25, 0.3) is 5.91 Å². The molecule has 3 heterocycles. The minimum atomic E-state index is -4.85. The lowest BCUT2D eigenvalue weighted by atomic mass is 9.74. The maximum Gasteiger partial charge on any atom is 0.419 e. The van der Waals surface area contributed by atoms with Crippen LogP contribution >= 0.6 is 12.2 Å². The van der Waals surface area contributed by atoms with Crippen LogP contribution in [0.3, 0.4) is 0 Å². The molecule has 1 saturated carbocycles. The number of carbonyl (C=O) groups excluding carboxylic acids is 1. The van der Waals surface area contributed by atoms with Crippen LogP contribution in [0, 0.1) is 17.1 Å². The largest absolute Gasteiger partial charge is 0.419 e. The number of benzene rings is 1. The normalized spacial score (nSPS) is 21.0. The predicted octanol–water partition coefficient (Wildman–Crippen LogP) is 3.33. The average Bonchev–Trinajstić information content (AvgIpc) is 3.17.